The topological polar surface area (TPSA) is 55.6 Å². The molecule has 0 atom stereocenters. The Kier molecular flexibility index (Phi) is 7.65. The third kappa shape index (κ3) is 5.91. The Labute approximate surface area is 148 Å². The summed E-state index contributed by atoms with van der Waals surface area (Å²) < 4.78 is 5.15. The number of nitrogens with zero attached hydrogens (tertiary/aromatic N) is 1. The van der Waals surface area contributed by atoms with Crippen LogP contribution in [0.3, 0.4) is 0 Å². The fourth-order valence-electron chi connectivity index (χ4n) is 2.29. The maximum absolute atomic E-state index is 12.6. The van der Waals surface area contributed by atoms with Gasteiger partial charge in [-0.1, -0.05) is 30.3 Å². The summed E-state index contributed by atoms with van der Waals surface area (Å²) in [6.07, 6.45) is 0.811. The minimum atomic E-state index is 0.133. The zero-order valence-corrected chi connectivity index (χ0v) is 14.8. The molecule has 0 heterocycles. The lowest BCUT2D eigenvalue weighted by Crippen LogP contribution is -2.33. The molecular formula is C19H24N2O2S. The van der Waals surface area contributed by atoms with E-state index in [4.69, 9.17) is 10.5 Å². The molecule has 128 valence electrons. The Morgan fingerprint density at radius 2 is 1.83 bits per heavy atom. The number of thioether (sulfide) groups is 1. The number of carbonyl (C=O) groups excluding carboxylic acids is 1. The highest BCUT2D eigenvalue weighted by Gasteiger charge is 2.14. The Morgan fingerprint density at radius 3 is 2.46 bits per heavy atom. The first-order valence-electron chi connectivity index (χ1n) is 8.01. The third-order valence-electron chi connectivity index (χ3n) is 3.62. The molecule has 0 saturated carbocycles. The zero-order chi connectivity index (χ0) is 17.2. The van der Waals surface area contributed by atoms with E-state index < -0.39 is 0 Å². The molecule has 0 fully saturated rings. The molecule has 2 N–H and O–H groups in total. The number of carbonyl (C=O) groups is 1. The molecule has 0 aliphatic carbocycles. The summed E-state index contributed by atoms with van der Waals surface area (Å²) in [4.78, 5) is 15.5. The van der Waals surface area contributed by atoms with Crippen LogP contribution in [0.5, 0.6) is 5.75 Å². The maximum atomic E-state index is 12.6. The van der Waals surface area contributed by atoms with Crippen molar-refractivity contribution in [2.75, 3.05) is 26.0 Å². The van der Waals surface area contributed by atoms with Gasteiger partial charge in [0.05, 0.1) is 12.9 Å². The van der Waals surface area contributed by atoms with Crippen molar-refractivity contribution in [3.05, 3.63) is 60.2 Å². The van der Waals surface area contributed by atoms with Crippen LogP contribution in [0.15, 0.2) is 59.5 Å². The smallest absolute Gasteiger partial charge is 0.233 e. The highest BCUT2D eigenvalue weighted by molar-refractivity contribution is 8.00. The first kappa shape index (κ1) is 18.4. The summed E-state index contributed by atoms with van der Waals surface area (Å²) in [6, 6.07) is 17.8. The molecule has 1 amide bonds. The molecule has 4 nitrogen and oxygen atoms in total. The Hall–Kier alpha value is -1.98. The average molecular weight is 344 g/mol. The number of methoxy groups -OCH3 is 1. The number of nitrogens with two attached hydrogens (primary N) is 1. The molecule has 0 aliphatic heterocycles. The van der Waals surface area contributed by atoms with Crippen LogP contribution in [0, 0.1) is 0 Å². The van der Waals surface area contributed by atoms with Gasteiger partial charge in [-0.2, -0.15) is 0 Å². The Balaban J connectivity index is 1.93. The summed E-state index contributed by atoms with van der Waals surface area (Å²) >= 11 is 1.54. The lowest BCUT2D eigenvalue weighted by molar-refractivity contribution is -0.129. The van der Waals surface area contributed by atoms with E-state index in [0.717, 1.165) is 22.6 Å². The predicted molar refractivity (Wildman–Crippen MR) is 99.2 cm³/mol. The second-order valence-corrected chi connectivity index (χ2v) is 6.46. The summed E-state index contributed by atoms with van der Waals surface area (Å²) in [6.45, 7) is 1.90. The molecule has 0 spiro atoms. The van der Waals surface area contributed by atoms with Crippen LogP contribution in [0.25, 0.3) is 0 Å². The zero-order valence-electron chi connectivity index (χ0n) is 14.0. The normalized spacial score (nSPS) is 10.4. The van der Waals surface area contributed by atoms with Gasteiger partial charge in [-0.15, -0.1) is 11.8 Å². The summed E-state index contributed by atoms with van der Waals surface area (Å²) in [5, 5.41) is 0. The minimum Gasteiger partial charge on any atom is -0.497 e. The van der Waals surface area contributed by atoms with E-state index in [1.165, 1.54) is 0 Å². The van der Waals surface area contributed by atoms with E-state index >= 15 is 0 Å². The van der Waals surface area contributed by atoms with Crippen molar-refractivity contribution in [3.63, 3.8) is 0 Å². The monoisotopic (exact) mass is 344 g/mol. The predicted octanol–water partition coefficient (Wildman–Crippen LogP) is 3.16. The Morgan fingerprint density at radius 1 is 1.12 bits per heavy atom. The van der Waals surface area contributed by atoms with Crippen LogP contribution in [-0.2, 0) is 11.3 Å². The second kappa shape index (κ2) is 10.0. The third-order valence-corrected chi connectivity index (χ3v) is 4.62. The lowest BCUT2D eigenvalue weighted by atomic mass is 10.2. The van der Waals surface area contributed by atoms with Gasteiger partial charge in [-0.3, -0.25) is 4.79 Å². The molecule has 0 aromatic heterocycles. The van der Waals surface area contributed by atoms with Gasteiger partial charge < -0.3 is 15.4 Å². The van der Waals surface area contributed by atoms with Gasteiger partial charge in [-0.05, 0) is 42.8 Å². The van der Waals surface area contributed by atoms with Crippen LogP contribution < -0.4 is 10.5 Å². The first-order chi connectivity index (χ1) is 11.7. The molecule has 0 bridgehead atoms. The van der Waals surface area contributed by atoms with Crippen molar-refractivity contribution in [1.29, 1.82) is 0 Å². The fraction of sp³-hybridized carbons (Fsp3) is 0.316. The molecule has 2 aromatic carbocycles. The van der Waals surface area contributed by atoms with Gasteiger partial charge in [-0.25, -0.2) is 0 Å². The molecule has 24 heavy (non-hydrogen) atoms. The van der Waals surface area contributed by atoms with Crippen LogP contribution >= 0.6 is 11.8 Å². The number of hydrogen-bond donors (Lipinski definition) is 1. The summed E-state index contributed by atoms with van der Waals surface area (Å²) in [7, 11) is 1.64. The van der Waals surface area contributed by atoms with E-state index in [9.17, 15) is 4.79 Å². The van der Waals surface area contributed by atoms with Crippen LogP contribution in [0.1, 0.15) is 12.0 Å². The van der Waals surface area contributed by atoms with Gasteiger partial charge in [0, 0.05) is 18.0 Å². The van der Waals surface area contributed by atoms with E-state index in [0.29, 0.717) is 25.4 Å². The number of ether oxygens (including phenoxy) is 1. The van der Waals surface area contributed by atoms with E-state index in [-0.39, 0.29) is 5.91 Å². The van der Waals surface area contributed by atoms with Crippen molar-refractivity contribution < 1.29 is 9.53 Å². The largest absolute Gasteiger partial charge is 0.497 e. The molecule has 0 unspecified atom stereocenters. The fourth-order valence-corrected chi connectivity index (χ4v) is 3.09. The second-order valence-electron chi connectivity index (χ2n) is 5.41. The van der Waals surface area contributed by atoms with Gasteiger partial charge in [0.2, 0.25) is 5.91 Å². The van der Waals surface area contributed by atoms with Gasteiger partial charge in [0.1, 0.15) is 5.75 Å². The number of hydrogen-bond acceptors (Lipinski definition) is 4. The quantitative estimate of drug-likeness (QED) is 0.710. The molecule has 2 aromatic rings. The number of amides is 1. The van der Waals surface area contributed by atoms with Gasteiger partial charge in [0.25, 0.3) is 0 Å². The van der Waals surface area contributed by atoms with Crippen molar-refractivity contribution >= 4 is 17.7 Å². The van der Waals surface area contributed by atoms with Crippen molar-refractivity contribution in [2.45, 2.75) is 17.9 Å². The van der Waals surface area contributed by atoms with Crippen LogP contribution in [-0.4, -0.2) is 36.8 Å². The van der Waals surface area contributed by atoms with E-state index in [1.54, 1.807) is 18.9 Å². The van der Waals surface area contributed by atoms with Crippen molar-refractivity contribution in [3.8, 4) is 5.75 Å². The molecular weight excluding hydrogens is 320 g/mol. The molecule has 5 heteroatoms. The lowest BCUT2D eigenvalue weighted by Gasteiger charge is -2.22. The first-order valence-corrected chi connectivity index (χ1v) is 9.00. The minimum absolute atomic E-state index is 0.133. The highest BCUT2D eigenvalue weighted by atomic mass is 32.2. The summed E-state index contributed by atoms with van der Waals surface area (Å²) in [5.74, 6) is 1.37. The number of benzene rings is 2. The maximum Gasteiger partial charge on any atom is 0.233 e. The van der Waals surface area contributed by atoms with E-state index in [1.807, 2.05) is 59.5 Å². The number of rotatable bonds is 9. The van der Waals surface area contributed by atoms with Crippen molar-refractivity contribution in [1.82, 2.24) is 4.90 Å². The SMILES string of the molecule is COc1ccc(SCC(=O)N(CCCN)Cc2ccccc2)cc1. The molecule has 0 aliphatic rings. The van der Waals surface area contributed by atoms with Gasteiger partial charge in [0.15, 0.2) is 0 Å². The van der Waals surface area contributed by atoms with E-state index in [2.05, 4.69) is 0 Å². The average Bonchev–Trinajstić information content (AvgIpc) is 2.64. The van der Waals surface area contributed by atoms with Crippen LogP contribution in [0.2, 0.25) is 0 Å². The standard InChI is InChI=1S/C19H24N2O2S/c1-23-17-8-10-18(11-9-17)24-15-19(22)21(13-5-12-20)14-16-6-3-2-4-7-16/h2-4,6-11H,5,12-15,20H2,1H3. The van der Waals surface area contributed by atoms with Crippen LogP contribution in [0.4, 0.5) is 0 Å². The van der Waals surface area contributed by atoms with Crippen molar-refractivity contribution in [2.24, 2.45) is 5.73 Å². The highest BCUT2D eigenvalue weighted by Crippen LogP contribution is 2.22. The molecule has 0 radical (unpaired) electrons. The van der Waals surface area contributed by atoms with Gasteiger partial charge >= 0.3 is 0 Å². The Bertz CT molecular complexity index is 617. The molecule has 0 saturated heterocycles. The summed E-state index contributed by atoms with van der Waals surface area (Å²) in [5.41, 5.74) is 6.74. The molecule has 2 rings (SSSR count).